The van der Waals surface area contributed by atoms with E-state index in [9.17, 15) is 9.90 Å². The smallest absolute Gasteiger partial charge is 0.323 e. The van der Waals surface area contributed by atoms with Gasteiger partial charge >= 0.3 is 5.97 Å². The lowest BCUT2D eigenvalue weighted by Crippen LogP contribution is -2.39. The van der Waals surface area contributed by atoms with Gasteiger partial charge in [-0.15, -0.1) is 0 Å². The number of para-hydroxylation sites is 1. The maximum atomic E-state index is 12.0. The van der Waals surface area contributed by atoms with Crippen molar-refractivity contribution in [2.45, 2.75) is 25.9 Å². The van der Waals surface area contributed by atoms with Crippen LogP contribution >= 0.6 is 0 Å². The Labute approximate surface area is 123 Å². The summed E-state index contributed by atoms with van der Waals surface area (Å²) in [5.74, 6) is -0.114. The molecule has 0 saturated carbocycles. The second-order valence-electron chi connectivity index (χ2n) is 4.60. The van der Waals surface area contributed by atoms with E-state index in [0.29, 0.717) is 19.6 Å². The van der Waals surface area contributed by atoms with Gasteiger partial charge in [0.1, 0.15) is 11.8 Å². The summed E-state index contributed by atoms with van der Waals surface area (Å²) in [4.78, 5) is 18.9. The topological polar surface area (TPSA) is 87.2 Å². The molecule has 6 heteroatoms. The SMILES string of the molecule is CCOC(=O)[C@H](Cc1cnc[nH]1)NCc1ccccc1O. The van der Waals surface area contributed by atoms with Gasteiger partial charge < -0.3 is 14.8 Å². The summed E-state index contributed by atoms with van der Waals surface area (Å²) in [5.41, 5.74) is 1.58. The van der Waals surface area contributed by atoms with Gasteiger partial charge in [0, 0.05) is 30.4 Å². The number of esters is 1. The van der Waals surface area contributed by atoms with Crippen molar-refractivity contribution >= 4 is 5.97 Å². The number of nitrogens with one attached hydrogen (secondary N) is 2. The number of benzene rings is 1. The van der Waals surface area contributed by atoms with Crippen molar-refractivity contribution in [3.8, 4) is 5.75 Å². The molecule has 0 bridgehead atoms. The molecule has 0 spiro atoms. The molecule has 0 aliphatic heterocycles. The lowest BCUT2D eigenvalue weighted by atomic mass is 10.1. The Hall–Kier alpha value is -2.34. The number of aromatic nitrogens is 2. The average Bonchev–Trinajstić information content (AvgIpc) is 2.98. The van der Waals surface area contributed by atoms with Crippen LogP contribution in [0.5, 0.6) is 5.75 Å². The first-order chi connectivity index (χ1) is 10.2. The summed E-state index contributed by atoms with van der Waals surface area (Å²) in [6.07, 6.45) is 3.70. The Bertz CT molecular complexity index is 569. The van der Waals surface area contributed by atoms with E-state index < -0.39 is 6.04 Å². The highest BCUT2D eigenvalue weighted by Crippen LogP contribution is 2.15. The zero-order valence-corrected chi connectivity index (χ0v) is 11.9. The summed E-state index contributed by atoms with van der Waals surface area (Å²) in [7, 11) is 0. The first kappa shape index (κ1) is 15.1. The number of phenolic OH excluding ortho intramolecular Hbond substituents is 1. The van der Waals surface area contributed by atoms with E-state index in [1.807, 2.05) is 6.07 Å². The van der Waals surface area contributed by atoms with Crippen molar-refractivity contribution in [2.24, 2.45) is 0 Å². The molecule has 2 aromatic rings. The Morgan fingerprint density at radius 3 is 2.95 bits per heavy atom. The quantitative estimate of drug-likeness (QED) is 0.670. The molecular weight excluding hydrogens is 270 g/mol. The van der Waals surface area contributed by atoms with Crippen LogP contribution in [0.4, 0.5) is 0 Å². The third-order valence-corrected chi connectivity index (χ3v) is 3.08. The summed E-state index contributed by atoms with van der Waals surface area (Å²) >= 11 is 0. The molecule has 0 unspecified atom stereocenters. The van der Waals surface area contributed by atoms with Crippen LogP contribution < -0.4 is 5.32 Å². The number of rotatable bonds is 7. The van der Waals surface area contributed by atoms with E-state index in [-0.39, 0.29) is 11.7 Å². The van der Waals surface area contributed by atoms with E-state index in [2.05, 4.69) is 15.3 Å². The molecule has 0 amide bonds. The fraction of sp³-hybridized carbons (Fsp3) is 0.333. The third-order valence-electron chi connectivity index (χ3n) is 3.08. The van der Waals surface area contributed by atoms with Crippen LogP contribution in [0.25, 0.3) is 0 Å². The minimum atomic E-state index is -0.495. The molecule has 1 aromatic carbocycles. The molecule has 0 saturated heterocycles. The van der Waals surface area contributed by atoms with E-state index in [0.717, 1.165) is 11.3 Å². The van der Waals surface area contributed by atoms with Crippen molar-refractivity contribution in [2.75, 3.05) is 6.61 Å². The van der Waals surface area contributed by atoms with E-state index >= 15 is 0 Å². The molecule has 0 fully saturated rings. The Kier molecular flexibility index (Phi) is 5.34. The Balaban J connectivity index is 2.01. The van der Waals surface area contributed by atoms with E-state index in [1.54, 1.807) is 37.6 Å². The maximum absolute atomic E-state index is 12.0. The van der Waals surface area contributed by atoms with Gasteiger partial charge in [-0.05, 0) is 13.0 Å². The first-order valence-electron chi connectivity index (χ1n) is 6.84. The summed E-state index contributed by atoms with van der Waals surface area (Å²) in [6.45, 7) is 2.48. The van der Waals surface area contributed by atoms with Crippen LogP contribution in [0.15, 0.2) is 36.8 Å². The number of ether oxygens (including phenoxy) is 1. The third kappa shape index (κ3) is 4.32. The molecule has 1 atom stereocenters. The van der Waals surface area contributed by atoms with Crippen LogP contribution in [-0.4, -0.2) is 33.7 Å². The zero-order chi connectivity index (χ0) is 15.1. The molecule has 0 radical (unpaired) electrons. The molecule has 112 valence electrons. The number of hydrogen-bond donors (Lipinski definition) is 3. The van der Waals surface area contributed by atoms with Crippen molar-refractivity contribution < 1.29 is 14.6 Å². The monoisotopic (exact) mass is 289 g/mol. The maximum Gasteiger partial charge on any atom is 0.323 e. The van der Waals surface area contributed by atoms with Crippen LogP contribution in [0.1, 0.15) is 18.2 Å². The second-order valence-corrected chi connectivity index (χ2v) is 4.60. The summed E-state index contributed by atoms with van der Waals surface area (Å²) in [5, 5.41) is 12.9. The summed E-state index contributed by atoms with van der Waals surface area (Å²) < 4.78 is 5.07. The van der Waals surface area contributed by atoms with Crippen LogP contribution in [0, 0.1) is 0 Å². The largest absolute Gasteiger partial charge is 0.508 e. The molecular formula is C15H19N3O3. The number of aromatic hydroxyl groups is 1. The van der Waals surface area contributed by atoms with Crippen molar-refractivity contribution in [3.05, 3.63) is 48.0 Å². The number of nitrogens with zero attached hydrogens (tertiary/aromatic N) is 1. The average molecular weight is 289 g/mol. The molecule has 0 aliphatic rings. The molecule has 1 aromatic heterocycles. The number of carbonyl (C=O) groups is 1. The standard InChI is InChI=1S/C15H19N3O3/c1-2-21-15(20)13(7-12-9-16-10-18-12)17-8-11-5-3-4-6-14(11)19/h3-6,9-10,13,17,19H,2,7-8H2,1H3,(H,16,18)/t13-/m0/s1. The number of phenols is 1. The van der Waals surface area contributed by atoms with Gasteiger partial charge in [-0.3, -0.25) is 10.1 Å². The Morgan fingerprint density at radius 2 is 2.29 bits per heavy atom. The normalized spacial score (nSPS) is 12.0. The minimum absolute atomic E-state index is 0.203. The highest BCUT2D eigenvalue weighted by Gasteiger charge is 2.20. The lowest BCUT2D eigenvalue weighted by Gasteiger charge is -2.17. The predicted molar refractivity (Wildman–Crippen MR) is 77.7 cm³/mol. The van der Waals surface area contributed by atoms with Gasteiger partial charge in [0.15, 0.2) is 0 Å². The van der Waals surface area contributed by atoms with Gasteiger partial charge in [-0.1, -0.05) is 18.2 Å². The van der Waals surface area contributed by atoms with Gasteiger partial charge in [0.25, 0.3) is 0 Å². The van der Waals surface area contributed by atoms with Gasteiger partial charge in [-0.25, -0.2) is 4.98 Å². The minimum Gasteiger partial charge on any atom is -0.508 e. The highest BCUT2D eigenvalue weighted by molar-refractivity contribution is 5.76. The van der Waals surface area contributed by atoms with E-state index in [4.69, 9.17) is 4.74 Å². The van der Waals surface area contributed by atoms with Crippen molar-refractivity contribution in [3.63, 3.8) is 0 Å². The predicted octanol–water partition coefficient (Wildman–Crippen LogP) is 1.38. The highest BCUT2D eigenvalue weighted by atomic mass is 16.5. The molecule has 1 heterocycles. The number of hydrogen-bond acceptors (Lipinski definition) is 5. The molecule has 21 heavy (non-hydrogen) atoms. The van der Waals surface area contributed by atoms with Crippen LogP contribution in [-0.2, 0) is 22.5 Å². The van der Waals surface area contributed by atoms with Crippen molar-refractivity contribution in [1.82, 2.24) is 15.3 Å². The number of H-pyrrole nitrogens is 1. The number of imidazole rings is 1. The van der Waals surface area contributed by atoms with Gasteiger partial charge in [0.2, 0.25) is 0 Å². The van der Waals surface area contributed by atoms with Gasteiger partial charge in [0.05, 0.1) is 12.9 Å². The molecule has 3 N–H and O–H groups in total. The molecule has 2 rings (SSSR count). The van der Waals surface area contributed by atoms with Crippen LogP contribution in [0.3, 0.4) is 0 Å². The lowest BCUT2D eigenvalue weighted by molar-refractivity contribution is -0.145. The second kappa shape index (κ2) is 7.44. The number of carbonyl (C=O) groups excluding carboxylic acids is 1. The first-order valence-corrected chi connectivity index (χ1v) is 6.84. The van der Waals surface area contributed by atoms with E-state index in [1.165, 1.54) is 0 Å². The van der Waals surface area contributed by atoms with Gasteiger partial charge in [-0.2, -0.15) is 0 Å². The zero-order valence-electron chi connectivity index (χ0n) is 11.9. The summed E-state index contributed by atoms with van der Waals surface area (Å²) in [6, 6.07) is 6.52. The molecule has 6 nitrogen and oxygen atoms in total. The van der Waals surface area contributed by atoms with Crippen LogP contribution in [0.2, 0.25) is 0 Å². The fourth-order valence-corrected chi connectivity index (χ4v) is 1.99. The molecule has 0 aliphatic carbocycles. The van der Waals surface area contributed by atoms with Crippen molar-refractivity contribution in [1.29, 1.82) is 0 Å². The Morgan fingerprint density at radius 1 is 1.48 bits per heavy atom. The fourth-order valence-electron chi connectivity index (χ4n) is 1.99. The number of aromatic amines is 1.